The number of benzene rings is 2. The standard InChI is InChI=1S/C18H25O3PS/c1-3-9-15-11-8-14-18(17(15)10-4-2)23(22(19,20)21)16-12-6-5-7-13-16/h5-8,11-14,19-21H,3-4,9-10H2,1-2H3. The molecule has 0 amide bonds. The van der Waals surface area contributed by atoms with Crippen molar-refractivity contribution in [3.63, 3.8) is 0 Å². The molecule has 5 heteroatoms. The van der Waals surface area contributed by atoms with Gasteiger partial charge in [-0.2, -0.15) is 0 Å². The minimum absolute atomic E-state index is 0.763. The van der Waals surface area contributed by atoms with Crippen LogP contribution < -0.4 is 0 Å². The topological polar surface area (TPSA) is 60.7 Å². The second-order valence-electron chi connectivity index (χ2n) is 5.50. The van der Waals surface area contributed by atoms with Crippen LogP contribution in [0.3, 0.4) is 0 Å². The predicted octanol–water partition coefficient (Wildman–Crippen LogP) is 4.28. The Bertz CT molecular complexity index is 699. The van der Waals surface area contributed by atoms with Crippen LogP contribution >= 0.6 is 6.72 Å². The molecular formula is C18H25O3PS. The summed E-state index contributed by atoms with van der Waals surface area (Å²) < 4.78 is 0. The molecule has 1 unspecified atom stereocenters. The molecule has 0 aliphatic carbocycles. The molecule has 2 aromatic rings. The average molecular weight is 352 g/mol. The van der Waals surface area contributed by atoms with Crippen molar-refractivity contribution in [2.24, 2.45) is 0 Å². The van der Waals surface area contributed by atoms with Crippen molar-refractivity contribution in [1.29, 1.82) is 0 Å². The van der Waals surface area contributed by atoms with Gasteiger partial charge in [-0.15, -0.1) is 0 Å². The number of hydrogen-bond donors (Lipinski definition) is 3. The summed E-state index contributed by atoms with van der Waals surface area (Å²) >= 11 is 0. The Kier molecular flexibility index (Phi) is 6.63. The van der Waals surface area contributed by atoms with Crippen LogP contribution in [0, 0.1) is 0 Å². The van der Waals surface area contributed by atoms with Gasteiger partial charge in [0.2, 0.25) is 0 Å². The van der Waals surface area contributed by atoms with Gasteiger partial charge in [0.25, 0.3) is 6.72 Å². The Balaban J connectivity index is 2.73. The van der Waals surface area contributed by atoms with E-state index < -0.39 is 16.8 Å². The smallest absolute Gasteiger partial charge is 0.286 e. The Hall–Kier alpha value is -0.900. The number of hydrogen-bond acceptors (Lipinski definition) is 0. The lowest BCUT2D eigenvalue weighted by Crippen LogP contribution is -2.05. The van der Waals surface area contributed by atoms with E-state index in [4.69, 9.17) is 0 Å². The third-order valence-corrected chi connectivity index (χ3v) is 8.37. The summed E-state index contributed by atoms with van der Waals surface area (Å²) in [6.07, 6.45) is 3.86. The van der Waals surface area contributed by atoms with Crippen LogP contribution in [0.25, 0.3) is 0 Å². The van der Waals surface area contributed by atoms with Gasteiger partial charge in [0, 0.05) is 9.79 Å². The van der Waals surface area contributed by atoms with E-state index in [0.717, 1.165) is 41.0 Å². The number of aryl methyl sites for hydroxylation is 1. The van der Waals surface area contributed by atoms with Gasteiger partial charge in [0.15, 0.2) is 0 Å². The largest absolute Gasteiger partial charge is 0.328 e. The zero-order valence-corrected chi connectivity index (χ0v) is 15.4. The Morgan fingerprint density at radius 3 is 2.04 bits per heavy atom. The molecule has 0 aromatic heterocycles. The lowest BCUT2D eigenvalue weighted by atomic mass is 10.00. The van der Waals surface area contributed by atoms with Gasteiger partial charge in [0.1, 0.15) is 0 Å². The van der Waals surface area contributed by atoms with Gasteiger partial charge in [-0.3, -0.25) is 0 Å². The monoisotopic (exact) mass is 352 g/mol. The Morgan fingerprint density at radius 2 is 1.48 bits per heavy atom. The normalized spacial score (nSPS) is 13.1. The van der Waals surface area contributed by atoms with Gasteiger partial charge in [-0.1, -0.05) is 67.1 Å². The van der Waals surface area contributed by atoms with Crippen LogP contribution in [0.4, 0.5) is 0 Å². The van der Waals surface area contributed by atoms with E-state index in [1.807, 2.05) is 42.5 Å². The van der Waals surface area contributed by atoms with E-state index in [1.165, 1.54) is 5.56 Å². The van der Waals surface area contributed by atoms with Crippen molar-refractivity contribution >= 4 is 16.8 Å². The molecule has 0 aliphatic heterocycles. The number of rotatable bonds is 6. The van der Waals surface area contributed by atoms with E-state index >= 15 is 0 Å². The molecule has 0 fully saturated rings. The van der Waals surface area contributed by atoms with E-state index in [-0.39, 0.29) is 0 Å². The van der Waals surface area contributed by atoms with Crippen LogP contribution in [0.2, 0.25) is 0 Å². The second-order valence-corrected chi connectivity index (χ2v) is 10.6. The third kappa shape index (κ3) is 4.56. The lowest BCUT2D eigenvalue weighted by Gasteiger charge is -2.21. The first kappa shape index (κ1) is 18.4. The highest BCUT2D eigenvalue weighted by molar-refractivity contribution is 8.27. The first-order valence-electron chi connectivity index (χ1n) is 7.97. The highest BCUT2D eigenvalue weighted by Gasteiger charge is 2.20. The molecule has 0 heterocycles. The van der Waals surface area contributed by atoms with E-state index in [1.54, 1.807) is 0 Å². The molecule has 3 nitrogen and oxygen atoms in total. The fourth-order valence-electron chi connectivity index (χ4n) is 2.78. The van der Waals surface area contributed by atoms with E-state index in [9.17, 15) is 14.7 Å². The first-order chi connectivity index (χ1) is 11.0. The molecule has 23 heavy (non-hydrogen) atoms. The fraction of sp³-hybridized carbons (Fsp3) is 0.333. The van der Waals surface area contributed by atoms with Gasteiger partial charge in [0.05, 0.1) is 0 Å². The van der Waals surface area contributed by atoms with Gasteiger partial charge < -0.3 is 14.7 Å². The van der Waals surface area contributed by atoms with E-state index in [0.29, 0.717) is 0 Å². The molecule has 2 rings (SSSR count). The third-order valence-electron chi connectivity index (χ3n) is 3.67. The van der Waals surface area contributed by atoms with Crippen LogP contribution in [0.1, 0.15) is 37.8 Å². The van der Waals surface area contributed by atoms with Crippen LogP contribution in [-0.4, -0.2) is 14.7 Å². The van der Waals surface area contributed by atoms with Crippen molar-refractivity contribution in [1.82, 2.24) is 0 Å². The Morgan fingerprint density at radius 1 is 0.826 bits per heavy atom. The average Bonchev–Trinajstić information content (AvgIpc) is 2.50. The molecule has 126 valence electrons. The quantitative estimate of drug-likeness (QED) is 0.680. The molecule has 0 saturated heterocycles. The van der Waals surface area contributed by atoms with Crippen molar-refractivity contribution in [3.8, 4) is 0 Å². The maximum atomic E-state index is 10.1. The molecule has 0 spiro atoms. The first-order valence-corrected chi connectivity index (χ1v) is 11.4. The summed E-state index contributed by atoms with van der Waals surface area (Å²) in [5.41, 5.74) is 2.40. The summed E-state index contributed by atoms with van der Waals surface area (Å²) in [5, 5.41) is 0. The van der Waals surface area contributed by atoms with Crippen molar-refractivity contribution in [2.45, 2.75) is 49.3 Å². The lowest BCUT2D eigenvalue weighted by molar-refractivity contribution is 0.362. The van der Waals surface area contributed by atoms with Gasteiger partial charge >= 0.3 is 0 Å². The van der Waals surface area contributed by atoms with Gasteiger partial charge in [-0.05, 0) is 42.2 Å². The summed E-state index contributed by atoms with van der Waals surface area (Å²) in [4.78, 5) is 32.0. The summed E-state index contributed by atoms with van der Waals surface area (Å²) in [7, 11) is -1.12. The zero-order chi connectivity index (χ0) is 16.9. The summed E-state index contributed by atoms with van der Waals surface area (Å²) in [6.45, 7) is 0.226. The maximum absolute atomic E-state index is 10.1. The van der Waals surface area contributed by atoms with Crippen LogP contribution in [0.15, 0.2) is 58.3 Å². The van der Waals surface area contributed by atoms with Crippen molar-refractivity contribution in [3.05, 3.63) is 59.7 Å². The Labute approximate surface area is 140 Å². The molecule has 0 aliphatic rings. The molecule has 0 radical (unpaired) electrons. The maximum Gasteiger partial charge on any atom is 0.286 e. The zero-order valence-electron chi connectivity index (χ0n) is 13.6. The van der Waals surface area contributed by atoms with E-state index in [2.05, 4.69) is 19.9 Å². The molecule has 0 saturated carbocycles. The SMILES string of the molecule is CCCc1cccc(S(c2ccccc2)=P(O)(O)O)c1CCC. The van der Waals surface area contributed by atoms with Crippen LogP contribution in [0.5, 0.6) is 0 Å². The highest BCUT2D eigenvalue weighted by Crippen LogP contribution is 2.45. The predicted molar refractivity (Wildman–Crippen MR) is 98.3 cm³/mol. The molecular weight excluding hydrogens is 327 g/mol. The van der Waals surface area contributed by atoms with Crippen molar-refractivity contribution in [2.75, 3.05) is 0 Å². The second kappa shape index (κ2) is 8.27. The minimum atomic E-state index is -4.03. The molecule has 1 atom stereocenters. The minimum Gasteiger partial charge on any atom is -0.328 e. The highest BCUT2D eigenvalue weighted by atomic mass is 32.5. The molecule has 3 N–H and O–H groups in total. The summed E-state index contributed by atoms with van der Waals surface area (Å²) in [5.74, 6) is 0. The van der Waals surface area contributed by atoms with Crippen LogP contribution in [-0.2, 0) is 22.9 Å². The summed E-state index contributed by atoms with van der Waals surface area (Å²) in [6, 6.07) is 15.3. The van der Waals surface area contributed by atoms with Crippen molar-refractivity contribution < 1.29 is 14.7 Å². The molecule has 2 aromatic carbocycles. The fourth-order valence-corrected chi connectivity index (χ4v) is 7.19. The van der Waals surface area contributed by atoms with Gasteiger partial charge in [-0.25, -0.2) is 0 Å². The molecule has 0 bridgehead atoms.